The fraction of sp³-hybridized carbons (Fsp3) is 0. The lowest BCUT2D eigenvalue weighted by Crippen LogP contribution is -2.00. The molecule has 0 aliphatic heterocycles. The predicted octanol–water partition coefficient (Wildman–Crippen LogP) is 11.8. The molecule has 3 aromatic heterocycles. The van der Waals surface area contributed by atoms with Crippen LogP contribution in [0, 0.1) is 0 Å². The van der Waals surface area contributed by atoms with Gasteiger partial charge in [0.05, 0.1) is 11.1 Å². The maximum absolute atomic E-state index is 6.63. The molecule has 10 aromatic rings. The third-order valence-electron chi connectivity index (χ3n) is 9.56. The summed E-state index contributed by atoms with van der Waals surface area (Å²) in [5.74, 6) is 1.73. The first-order valence-corrected chi connectivity index (χ1v) is 17.0. The maximum Gasteiger partial charge on any atom is 0.167 e. The Kier molecular flexibility index (Phi) is 6.74. The van der Waals surface area contributed by atoms with Crippen LogP contribution in [0.3, 0.4) is 0 Å². The molecular formula is C46H28N4O. The van der Waals surface area contributed by atoms with Crippen molar-refractivity contribution in [2.24, 2.45) is 0 Å². The molecule has 0 radical (unpaired) electrons. The van der Waals surface area contributed by atoms with Crippen LogP contribution >= 0.6 is 0 Å². The van der Waals surface area contributed by atoms with Crippen LogP contribution in [0.25, 0.3) is 100 Å². The molecule has 0 unspecified atom stereocenters. The number of hydrogen-bond acceptors (Lipinski definition) is 5. The SMILES string of the molecule is c1ccc(-c2ccc(-c3nc(-c4ccccc4)nc(-c4cc(-c5cc6cccnc6c6ccccc56)cc5c4oc4ccccc45)n3)cc2)cc1. The molecule has 0 saturated heterocycles. The Morgan fingerprint density at radius 2 is 0.961 bits per heavy atom. The highest BCUT2D eigenvalue weighted by Gasteiger charge is 2.21. The highest BCUT2D eigenvalue weighted by Crippen LogP contribution is 2.42. The Bertz CT molecular complexity index is 2900. The van der Waals surface area contributed by atoms with Crippen molar-refractivity contribution >= 4 is 43.6 Å². The number of fused-ring (bicyclic) bond motifs is 6. The molecule has 0 saturated carbocycles. The van der Waals surface area contributed by atoms with Gasteiger partial charge in [-0.1, -0.05) is 133 Å². The number of pyridine rings is 1. The summed E-state index contributed by atoms with van der Waals surface area (Å²) in [5, 5.41) is 5.36. The summed E-state index contributed by atoms with van der Waals surface area (Å²) in [7, 11) is 0. The molecule has 0 amide bonds. The highest BCUT2D eigenvalue weighted by molar-refractivity contribution is 6.15. The van der Waals surface area contributed by atoms with Crippen molar-refractivity contribution in [3.63, 3.8) is 0 Å². The fourth-order valence-electron chi connectivity index (χ4n) is 7.09. The molecule has 0 spiro atoms. The zero-order chi connectivity index (χ0) is 33.7. The summed E-state index contributed by atoms with van der Waals surface area (Å²) >= 11 is 0. The molecule has 0 bridgehead atoms. The molecule has 5 nitrogen and oxygen atoms in total. The van der Waals surface area contributed by atoms with E-state index in [0.717, 1.165) is 82.6 Å². The topological polar surface area (TPSA) is 64.7 Å². The molecular weight excluding hydrogens is 625 g/mol. The number of hydrogen-bond donors (Lipinski definition) is 0. The van der Waals surface area contributed by atoms with Crippen molar-refractivity contribution in [2.75, 3.05) is 0 Å². The molecule has 0 fully saturated rings. The van der Waals surface area contributed by atoms with Crippen molar-refractivity contribution in [1.29, 1.82) is 0 Å². The van der Waals surface area contributed by atoms with E-state index in [2.05, 4.69) is 103 Å². The van der Waals surface area contributed by atoms with Crippen molar-refractivity contribution in [3.05, 3.63) is 170 Å². The first-order valence-electron chi connectivity index (χ1n) is 17.0. The minimum Gasteiger partial charge on any atom is -0.455 e. The number of nitrogens with zero attached hydrogens (tertiary/aromatic N) is 4. The Labute approximate surface area is 293 Å². The number of benzene rings is 7. The third-order valence-corrected chi connectivity index (χ3v) is 9.56. The number of rotatable bonds is 5. The summed E-state index contributed by atoms with van der Waals surface area (Å²) in [6.45, 7) is 0. The minimum atomic E-state index is 0.545. The number of para-hydroxylation sites is 1. The zero-order valence-corrected chi connectivity index (χ0v) is 27.4. The van der Waals surface area contributed by atoms with E-state index in [-0.39, 0.29) is 0 Å². The van der Waals surface area contributed by atoms with Gasteiger partial charge in [-0.3, -0.25) is 4.98 Å². The smallest absolute Gasteiger partial charge is 0.167 e. The second kappa shape index (κ2) is 11.9. The van der Waals surface area contributed by atoms with Crippen molar-refractivity contribution < 1.29 is 4.42 Å². The Morgan fingerprint density at radius 3 is 1.73 bits per heavy atom. The van der Waals surface area contributed by atoms with E-state index in [4.69, 9.17) is 24.4 Å². The van der Waals surface area contributed by atoms with Gasteiger partial charge in [-0.2, -0.15) is 0 Å². The standard InChI is InChI=1S/C46H28N4O/c1-3-12-29(13-4-1)30-21-23-32(24-22-30)45-48-44(31-14-5-2-6-15-31)49-46(50-45)40-28-34(27-39-36-18-9-10-20-41(36)51-43(39)40)38-26-33-16-11-25-47-42(33)37-19-8-7-17-35(37)38/h1-28H. The first kappa shape index (κ1) is 29.0. The Balaban J connectivity index is 1.24. The van der Waals surface area contributed by atoms with E-state index in [1.165, 1.54) is 0 Å². The summed E-state index contributed by atoms with van der Waals surface area (Å²) in [4.78, 5) is 20.1. The molecule has 0 N–H and O–H groups in total. The van der Waals surface area contributed by atoms with Crippen LogP contribution in [-0.2, 0) is 0 Å². The lowest BCUT2D eigenvalue weighted by molar-refractivity contribution is 0.669. The fourth-order valence-corrected chi connectivity index (χ4v) is 7.09. The first-order chi connectivity index (χ1) is 25.3. The normalized spacial score (nSPS) is 11.5. The van der Waals surface area contributed by atoms with Crippen molar-refractivity contribution in [1.82, 2.24) is 19.9 Å². The third kappa shape index (κ3) is 5.03. The molecule has 51 heavy (non-hydrogen) atoms. The predicted molar refractivity (Wildman–Crippen MR) is 207 cm³/mol. The van der Waals surface area contributed by atoms with Gasteiger partial charge >= 0.3 is 0 Å². The van der Waals surface area contributed by atoms with Gasteiger partial charge in [-0.05, 0) is 58.0 Å². The zero-order valence-electron chi connectivity index (χ0n) is 27.4. The van der Waals surface area contributed by atoms with Gasteiger partial charge in [0.25, 0.3) is 0 Å². The molecule has 3 heterocycles. The van der Waals surface area contributed by atoms with E-state index < -0.39 is 0 Å². The molecule has 0 aliphatic carbocycles. The van der Waals surface area contributed by atoms with Crippen LogP contribution in [0.2, 0.25) is 0 Å². The molecule has 0 aliphatic rings. The van der Waals surface area contributed by atoms with Crippen LogP contribution in [0.15, 0.2) is 174 Å². The number of furan rings is 1. The average Bonchev–Trinajstić information content (AvgIpc) is 3.59. The highest BCUT2D eigenvalue weighted by atomic mass is 16.3. The quantitative estimate of drug-likeness (QED) is 0.173. The van der Waals surface area contributed by atoms with Crippen LogP contribution < -0.4 is 0 Å². The Hall–Kier alpha value is -6.98. The van der Waals surface area contributed by atoms with E-state index in [1.54, 1.807) is 0 Å². The molecule has 10 rings (SSSR count). The van der Waals surface area contributed by atoms with E-state index >= 15 is 0 Å². The van der Waals surface area contributed by atoms with Crippen LogP contribution in [0.4, 0.5) is 0 Å². The lowest BCUT2D eigenvalue weighted by atomic mass is 9.93. The monoisotopic (exact) mass is 652 g/mol. The second-order valence-corrected chi connectivity index (χ2v) is 12.7. The maximum atomic E-state index is 6.63. The Morgan fingerprint density at radius 1 is 0.373 bits per heavy atom. The van der Waals surface area contributed by atoms with Crippen molar-refractivity contribution in [3.8, 4) is 56.4 Å². The van der Waals surface area contributed by atoms with Gasteiger partial charge in [-0.25, -0.2) is 15.0 Å². The minimum absolute atomic E-state index is 0.545. The summed E-state index contributed by atoms with van der Waals surface area (Å²) in [6.07, 6.45) is 1.86. The van der Waals surface area contributed by atoms with Crippen LogP contribution in [0.1, 0.15) is 0 Å². The molecule has 238 valence electrons. The van der Waals surface area contributed by atoms with E-state index in [1.807, 2.05) is 66.9 Å². The van der Waals surface area contributed by atoms with E-state index in [0.29, 0.717) is 17.5 Å². The van der Waals surface area contributed by atoms with Crippen LogP contribution in [0.5, 0.6) is 0 Å². The summed E-state index contributed by atoms with van der Waals surface area (Å²) in [5.41, 5.74) is 9.59. The van der Waals surface area contributed by atoms with Crippen LogP contribution in [-0.4, -0.2) is 19.9 Å². The van der Waals surface area contributed by atoms with Gasteiger partial charge < -0.3 is 4.42 Å². The van der Waals surface area contributed by atoms with Gasteiger partial charge in [0, 0.05) is 38.9 Å². The summed E-state index contributed by atoms with van der Waals surface area (Å²) < 4.78 is 6.63. The lowest BCUT2D eigenvalue weighted by Gasteiger charge is -2.13. The molecule has 0 atom stereocenters. The second-order valence-electron chi connectivity index (χ2n) is 12.7. The summed E-state index contributed by atoms with van der Waals surface area (Å²) in [6, 6.07) is 56.2. The molecule has 7 aromatic carbocycles. The van der Waals surface area contributed by atoms with E-state index in [9.17, 15) is 0 Å². The average molecular weight is 653 g/mol. The van der Waals surface area contributed by atoms with Gasteiger partial charge in [-0.15, -0.1) is 0 Å². The van der Waals surface area contributed by atoms with Gasteiger partial charge in [0.2, 0.25) is 0 Å². The van der Waals surface area contributed by atoms with Gasteiger partial charge in [0.15, 0.2) is 17.5 Å². The largest absolute Gasteiger partial charge is 0.455 e. The number of aromatic nitrogens is 4. The molecule has 5 heteroatoms. The van der Waals surface area contributed by atoms with Crippen molar-refractivity contribution in [2.45, 2.75) is 0 Å². The van der Waals surface area contributed by atoms with Gasteiger partial charge in [0.1, 0.15) is 11.2 Å².